The van der Waals surface area contributed by atoms with E-state index in [1.54, 1.807) is 26.0 Å². The van der Waals surface area contributed by atoms with Crippen molar-refractivity contribution in [3.63, 3.8) is 0 Å². The van der Waals surface area contributed by atoms with Gasteiger partial charge in [-0.3, -0.25) is 0 Å². The molecule has 2 aromatic carbocycles. The molecule has 158 valence electrons. The van der Waals surface area contributed by atoms with E-state index < -0.39 is 6.61 Å². The van der Waals surface area contributed by atoms with Gasteiger partial charge in [-0.1, -0.05) is 0 Å². The van der Waals surface area contributed by atoms with E-state index in [4.69, 9.17) is 12.2 Å². The highest BCUT2D eigenvalue weighted by Gasteiger charge is 2.16. The Morgan fingerprint density at radius 1 is 0.793 bits per heavy atom. The minimum atomic E-state index is -0.394. The molecule has 0 heterocycles. The van der Waals surface area contributed by atoms with Crippen molar-refractivity contribution in [2.24, 2.45) is 0 Å². The molecule has 0 saturated heterocycles. The number of aliphatic hydroxyl groups excluding tert-OH is 4. The highest BCUT2D eigenvalue weighted by Crippen LogP contribution is 2.32. The van der Waals surface area contributed by atoms with Gasteiger partial charge >= 0.3 is 0 Å². The molecule has 0 unspecified atom stereocenters. The number of thiocarbonyl (C=S) groups is 1. The molecule has 0 fully saturated rings. The number of hydrogen-bond acceptors (Lipinski definition) is 7. The van der Waals surface area contributed by atoms with Gasteiger partial charge in [-0.05, 0) is 54.9 Å². The Kier molecular flexibility index (Phi) is 7.77. The fraction of sp³-hybridized carbons (Fsp3) is 0.350. The summed E-state index contributed by atoms with van der Waals surface area (Å²) in [6.07, 6.45) is 0. The number of phenols is 2. The lowest BCUT2D eigenvalue weighted by Gasteiger charge is -2.19. The number of aromatic hydroxyl groups is 2. The predicted molar refractivity (Wildman–Crippen MR) is 112 cm³/mol. The quantitative estimate of drug-likeness (QED) is 0.243. The Labute approximate surface area is 174 Å². The van der Waals surface area contributed by atoms with Crippen molar-refractivity contribution in [2.75, 3.05) is 5.32 Å². The van der Waals surface area contributed by atoms with E-state index in [0.717, 1.165) is 5.56 Å². The van der Waals surface area contributed by atoms with Crippen molar-refractivity contribution in [1.29, 1.82) is 0 Å². The molecule has 2 aromatic rings. The van der Waals surface area contributed by atoms with E-state index in [2.05, 4.69) is 10.6 Å². The molecule has 0 spiro atoms. The van der Waals surface area contributed by atoms with Gasteiger partial charge < -0.3 is 41.3 Å². The average molecular weight is 423 g/mol. The Hall–Kier alpha value is -2.43. The van der Waals surface area contributed by atoms with Gasteiger partial charge in [0.15, 0.2) is 5.11 Å². The van der Waals surface area contributed by atoms with Crippen LogP contribution in [0.25, 0.3) is 0 Å². The number of nitrogens with one attached hydrogen (secondary N) is 2. The van der Waals surface area contributed by atoms with E-state index in [1.807, 2.05) is 0 Å². The first-order valence-electron chi connectivity index (χ1n) is 8.94. The highest BCUT2D eigenvalue weighted by atomic mass is 32.1. The third-order valence-corrected chi connectivity index (χ3v) is 5.23. The first-order valence-corrected chi connectivity index (χ1v) is 9.35. The molecule has 0 bridgehead atoms. The third kappa shape index (κ3) is 4.77. The first-order chi connectivity index (χ1) is 13.8. The second-order valence-corrected chi connectivity index (χ2v) is 7.03. The Morgan fingerprint density at radius 3 is 1.83 bits per heavy atom. The summed E-state index contributed by atoms with van der Waals surface area (Å²) >= 11 is 5.32. The Balaban J connectivity index is 2.21. The van der Waals surface area contributed by atoms with Crippen molar-refractivity contribution in [3.8, 4) is 11.5 Å². The largest absolute Gasteiger partial charge is 0.507 e. The maximum atomic E-state index is 10.1. The molecule has 0 aromatic heterocycles. The van der Waals surface area contributed by atoms with Gasteiger partial charge in [0.2, 0.25) is 0 Å². The first kappa shape index (κ1) is 22.9. The van der Waals surface area contributed by atoms with E-state index in [-0.39, 0.29) is 48.5 Å². The van der Waals surface area contributed by atoms with Crippen LogP contribution < -0.4 is 10.6 Å². The predicted octanol–water partition coefficient (Wildman–Crippen LogP) is 1.17. The van der Waals surface area contributed by atoms with Gasteiger partial charge in [-0.25, -0.2) is 0 Å². The monoisotopic (exact) mass is 422 g/mol. The van der Waals surface area contributed by atoms with Crippen LogP contribution in [-0.4, -0.2) is 35.8 Å². The number of anilines is 1. The normalized spacial score (nSPS) is 10.8. The lowest BCUT2D eigenvalue weighted by Crippen LogP contribution is -2.29. The maximum absolute atomic E-state index is 10.1. The minimum Gasteiger partial charge on any atom is -0.507 e. The smallest absolute Gasteiger partial charge is 0.171 e. The van der Waals surface area contributed by atoms with Crippen LogP contribution in [-0.2, 0) is 33.0 Å². The molecule has 29 heavy (non-hydrogen) atoms. The fourth-order valence-electron chi connectivity index (χ4n) is 3.12. The van der Waals surface area contributed by atoms with E-state index in [1.165, 1.54) is 0 Å². The zero-order valence-electron chi connectivity index (χ0n) is 16.3. The van der Waals surface area contributed by atoms with Gasteiger partial charge in [0.05, 0.1) is 26.4 Å². The Bertz CT molecular complexity index is 917. The maximum Gasteiger partial charge on any atom is 0.171 e. The molecular formula is C20H26N2O6S. The van der Waals surface area contributed by atoms with Crippen LogP contribution in [0.3, 0.4) is 0 Å². The molecule has 0 aliphatic rings. The lowest BCUT2D eigenvalue weighted by molar-refractivity contribution is 0.262. The third-order valence-electron chi connectivity index (χ3n) is 4.98. The van der Waals surface area contributed by atoms with Gasteiger partial charge in [0.1, 0.15) is 11.5 Å². The van der Waals surface area contributed by atoms with E-state index in [9.17, 15) is 30.6 Å². The van der Waals surface area contributed by atoms with E-state index in [0.29, 0.717) is 33.5 Å². The molecule has 0 radical (unpaired) electrons. The van der Waals surface area contributed by atoms with Crippen LogP contribution in [0.15, 0.2) is 12.1 Å². The van der Waals surface area contributed by atoms with Crippen molar-refractivity contribution >= 4 is 23.0 Å². The molecule has 0 amide bonds. The summed E-state index contributed by atoms with van der Waals surface area (Å²) in [5.41, 5.74) is 3.78. The van der Waals surface area contributed by atoms with Crippen LogP contribution in [0.1, 0.15) is 38.9 Å². The zero-order chi connectivity index (χ0) is 21.7. The van der Waals surface area contributed by atoms with Gasteiger partial charge in [0, 0.05) is 34.5 Å². The van der Waals surface area contributed by atoms with Crippen molar-refractivity contribution in [1.82, 2.24) is 5.32 Å². The minimum absolute atomic E-state index is 0.121. The van der Waals surface area contributed by atoms with Crippen molar-refractivity contribution in [3.05, 3.63) is 51.1 Å². The molecule has 0 saturated carbocycles. The molecule has 2 rings (SSSR count). The molecule has 0 aliphatic heterocycles. The molecule has 8 nitrogen and oxygen atoms in total. The number of benzene rings is 2. The van der Waals surface area contributed by atoms with Gasteiger partial charge in [0.25, 0.3) is 0 Å². The standard InChI is InChI=1S/C20H26N2O6S/c1-10-12(3-13(6-23)18(27)15(10)8-25)5-21-20(29)22-17-4-14(7-24)19(28)16(9-26)11(17)2/h3-4,23-28H,5-9H2,1-2H3,(H2,21,22,29). The molecular weight excluding hydrogens is 396 g/mol. The summed E-state index contributed by atoms with van der Waals surface area (Å²) in [6, 6.07) is 3.19. The number of hydrogen-bond donors (Lipinski definition) is 8. The van der Waals surface area contributed by atoms with Gasteiger partial charge in [-0.15, -0.1) is 0 Å². The van der Waals surface area contributed by atoms with Crippen LogP contribution in [0, 0.1) is 13.8 Å². The van der Waals surface area contributed by atoms with E-state index >= 15 is 0 Å². The molecule has 9 heteroatoms. The fourth-order valence-corrected chi connectivity index (χ4v) is 3.30. The number of rotatable bonds is 7. The van der Waals surface area contributed by atoms with Crippen LogP contribution in [0.5, 0.6) is 11.5 Å². The Morgan fingerprint density at radius 2 is 1.31 bits per heavy atom. The summed E-state index contributed by atoms with van der Waals surface area (Å²) in [4.78, 5) is 0. The topological polar surface area (TPSA) is 145 Å². The lowest BCUT2D eigenvalue weighted by atomic mass is 9.97. The summed E-state index contributed by atoms with van der Waals surface area (Å²) < 4.78 is 0. The van der Waals surface area contributed by atoms with Crippen molar-refractivity contribution < 1.29 is 30.6 Å². The van der Waals surface area contributed by atoms with Crippen LogP contribution in [0.4, 0.5) is 5.69 Å². The second-order valence-electron chi connectivity index (χ2n) is 6.62. The zero-order valence-corrected chi connectivity index (χ0v) is 17.1. The summed E-state index contributed by atoms with van der Waals surface area (Å²) in [7, 11) is 0. The molecule has 0 aliphatic carbocycles. The summed E-state index contributed by atoms with van der Waals surface area (Å²) in [6.45, 7) is 2.23. The summed E-state index contributed by atoms with van der Waals surface area (Å²) in [5, 5.41) is 64.2. The highest BCUT2D eigenvalue weighted by molar-refractivity contribution is 7.80. The van der Waals surface area contributed by atoms with Gasteiger partial charge in [-0.2, -0.15) is 0 Å². The average Bonchev–Trinajstić information content (AvgIpc) is 2.70. The van der Waals surface area contributed by atoms with Crippen molar-refractivity contribution in [2.45, 2.75) is 46.8 Å². The second kappa shape index (κ2) is 9.86. The SMILES string of the molecule is Cc1c(CNC(=S)Nc2cc(CO)c(O)c(CO)c2C)cc(CO)c(O)c1CO. The molecule has 0 atom stereocenters. The van der Waals surface area contributed by atoms with Crippen LogP contribution >= 0.6 is 12.2 Å². The summed E-state index contributed by atoms with van der Waals surface area (Å²) in [5.74, 6) is -0.269. The molecule has 8 N–H and O–H groups in total. The van der Waals surface area contributed by atoms with Crippen LogP contribution in [0.2, 0.25) is 0 Å². The number of aliphatic hydroxyl groups is 4.